The molecule has 12 nitrogen and oxygen atoms in total. The smallest absolute Gasteiger partial charge is 0.270 e. The summed E-state index contributed by atoms with van der Waals surface area (Å²) in [5.41, 5.74) is 3.86. The first-order valence-electron chi connectivity index (χ1n) is 15.0. The van der Waals surface area contributed by atoms with Gasteiger partial charge in [-0.25, -0.2) is 15.0 Å². The lowest BCUT2D eigenvalue weighted by Crippen LogP contribution is -2.42. The molecule has 43 heavy (non-hydrogen) atoms. The van der Waals surface area contributed by atoms with Gasteiger partial charge in [-0.15, -0.1) is 0 Å². The highest BCUT2D eigenvalue weighted by Gasteiger charge is 2.23. The van der Waals surface area contributed by atoms with Crippen molar-refractivity contribution in [1.29, 1.82) is 0 Å². The van der Waals surface area contributed by atoms with E-state index >= 15 is 0 Å². The number of oxazole rings is 1. The molecule has 1 saturated heterocycles. The van der Waals surface area contributed by atoms with E-state index in [2.05, 4.69) is 48.4 Å². The van der Waals surface area contributed by atoms with Crippen LogP contribution in [0.2, 0.25) is 0 Å². The highest BCUT2D eigenvalue weighted by Crippen LogP contribution is 2.30. The highest BCUT2D eigenvalue weighted by atomic mass is 16.5. The summed E-state index contributed by atoms with van der Waals surface area (Å²) < 4.78 is 11.2. The van der Waals surface area contributed by atoms with Gasteiger partial charge in [0, 0.05) is 57.8 Å². The van der Waals surface area contributed by atoms with E-state index < -0.39 is 6.10 Å². The Balaban J connectivity index is 1.05. The normalized spacial score (nSPS) is 16.8. The molecule has 12 heteroatoms. The Morgan fingerprint density at radius 3 is 2.79 bits per heavy atom. The van der Waals surface area contributed by atoms with Gasteiger partial charge < -0.3 is 24.9 Å². The molecule has 0 radical (unpaired) electrons. The number of aliphatic hydroxyl groups is 1. The second-order valence-corrected chi connectivity index (χ2v) is 11.3. The summed E-state index contributed by atoms with van der Waals surface area (Å²) in [5, 5.41) is 16.9. The summed E-state index contributed by atoms with van der Waals surface area (Å²) in [7, 11) is 0. The number of aromatic nitrogens is 3. The van der Waals surface area contributed by atoms with Gasteiger partial charge in [0.05, 0.1) is 18.8 Å². The van der Waals surface area contributed by atoms with Crippen LogP contribution in [-0.4, -0.2) is 93.0 Å². The van der Waals surface area contributed by atoms with Crippen molar-refractivity contribution < 1.29 is 23.8 Å². The Morgan fingerprint density at radius 2 is 2.02 bits per heavy atom. The van der Waals surface area contributed by atoms with Crippen LogP contribution in [0.25, 0.3) is 0 Å². The third kappa shape index (κ3) is 8.37. The lowest BCUT2D eigenvalue weighted by atomic mass is 9.94. The lowest BCUT2D eigenvalue weighted by molar-refractivity contribution is -0.120. The zero-order valence-corrected chi connectivity index (χ0v) is 24.9. The van der Waals surface area contributed by atoms with E-state index in [4.69, 9.17) is 9.15 Å². The number of carbonyl (C=O) groups excluding carboxylic acids is 2. The van der Waals surface area contributed by atoms with Crippen LogP contribution in [0.5, 0.6) is 5.75 Å². The van der Waals surface area contributed by atoms with E-state index in [9.17, 15) is 14.7 Å². The number of nitrogens with zero attached hydrogens (tertiary/aromatic N) is 5. The molecule has 3 aromatic rings. The van der Waals surface area contributed by atoms with Crippen LogP contribution in [0.4, 0.5) is 5.82 Å². The standard InChI is InChI=1S/C31H41N7O5/c1-3-24(39)16-37-9-6-23(7-10-37)36-30-12-28(34-19-35-30)31(41)33-13-25(40)17-38-11-8-27-21(2)29(5-4-22(27)15-38)42-18-26-14-32-20-43-26/h4-5,12,14,19-20,23,25,40H,3,6-11,13,15-18H2,1-2H3,(H,33,41)(H,34,35,36)/t25-/m0/s1. The lowest BCUT2D eigenvalue weighted by Gasteiger charge is -2.32. The van der Waals surface area contributed by atoms with Crippen LogP contribution in [0.3, 0.4) is 0 Å². The Bertz CT molecular complexity index is 1370. The Kier molecular flexibility index (Phi) is 10.3. The predicted octanol–water partition coefficient (Wildman–Crippen LogP) is 2.36. The molecular formula is C31H41N7O5. The van der Waals surface area contributed by atoms with Crippen molar-refractivity contribution in [3.8, 4) is 5.75 Å². The zero-order chi connectivity index (χ0) is 30.2. The first-order chi connectivity index (χ1) is 20.9. The number of piperidine rings is 1. The highest BCUT2D eigenvalue weighted by molar-refractivity contribution is 5.92. The second-order valence-electron chi connectivity index (χ2n) is 11.3. The van der Waals surface area contributed by atoms with Gasteiger partial charge >= 0.3 is 0 Å². The maximum absolute atomic E-state index is 12.8. The molecule has 230 valence electrons. The molecule has 2 aliphatic rings. The number of carbonyl (C=O) groups is 2. The molecule has 2 aliphatic heterocycles. The minimum Gasteiger partial charge on any atom is -0.485 e. The number of hydrogen-bond donors (Lipinski definition) is 3. The van der Waals surface area contributed by atoms with Gasteiger partial charge in [-0.1, -0.05) is 13.0 Å². The van der Waals surface area contributed by atoms with Gasteiger partial charge in [0.25, 0.3) is 5.91 Å². The van der Waals surface area contributed by atoms with E-state index in [0.29, 0.717) is 37.7 Å². The summed E-state index contributed by atoms with van der Waals surface area (Å²) in [4.78, 5) is 41.2. The maximum Gasteiger partial charge on any atom is 0.270 e. The summed E-state index contributed by atoms with van der Waals surface area (Å²) >= 11 is 0. The minimum absolute atomic E-state index is 0.122. The van der Waals surface area contributed by atoms with Crippen molar-refractivity contribution in [2.75, 3.05) is 44.6 Å². The van der Waals surface area contributed by atoms with Gasteiger partial charge in [-0.05, 0) is 48.9 Å². The average Bonchev–Trinajstić information content (AvgIpc) is 3.54. The fourth-order valence-electron chi connectivity index (χ4n) is 5.68. The quantitative estimate of drug-likeness (QED) is 0.269. The molecule has 0 spiro atoms. The Labute approximate surface area is 251 Å². The second kappa shape index (κ2) is 14.5. The molecule has 0 saturated carbocycles. The summed E-state index contributed by atoms with van der Waals surface area (Å²) in [6, 6.07) is 5.92. The fourth-order valence-corrected chi connectivity index (χ4v) is 5.68. The first-order valence-corrected chi connectivity index (χ1v) is 15.0. The molecule has 2 aromatic heterocycles. The number of anilines is 1. The van der Waals surface area contributed by atoms with Crippen LogP contribution in [0, 0.1) is 6.92 Å². The zero-order valence-electron chi connectivity index (χ0n) is 24.9. The first kappa shape index (κ1) is 30.6. The number of β-amino-alcohol motifs (C(OH)–C–C–N with tert-alkyl or cyclic N) is 1. The van der Waals surface area contributed by atoms with Crippen LogP contribution in [-0.2, 0) is 24.4 Å². The molecule has 0 aliphatic carbocycles. The maximum atomic E-state index is 12.8. The summed E-state index contributed by atoms with van der Waals surface area (Å²) in [6.45, 7) is 8.60. The average molecular weight is 592 g/mol. The van der Waals surface area contributed by atoms with E-state index in [0.717, 1.165) is 56.8 Å². The van der Waals surface area contributed by atoms with Gasteiger partial charge in [0.2, 0.25) is 0 Å². The molecule has 5 rings (SSSR count). The topological polar surface area (TPSA) is 146 Å². The van der Waals surface area contributed by atoms with Crippen molar-refractivity contribution in [1.82, 2.24) is 30.1 Å². The van der Waals surface area contributed by atoms with E-state index in [1.54, 1.807) is 12.3 Å². The molecule has 0 bridgehead atoms. The van der Waals surface area contributed by atoms with Crippen molar-refractivity contribution in [3.05, 3.63) is 65.3 Å². The SMILES string of the molecule is CCC(=O)CN1CCC(Nc2cc(C(=O)NC[C@H](O)CN3CCc4c(ccc(OCc5cnco5)c4C)C3)ncn2)CC1. The number of likely N-dealkylation sites (tertiary alicyclic amines) is 1. The molecule has 0 unspecified atom stereocenters. The van der Waals surface area contributed by atoms with E-state index in [1.807, 2.05) is 13.0 Å². The number of hydrogen-bond acceptors (Lipinski definition) is 11. The summed E-state index contributed by atoms with van der Waals surface area (Å²) in [6.07, 6.45) is 6.91. The molecule has 3 N–H and O–H groups in total. The Morgan fingerprint density at radius 1 is 1.19 bits per heavy atom. The van der Waals surface area contributed by atoms with Gasteiger partial charge in [-0.3, -0.25) is 19.4 Å². The van der Waals surface area contributed by atoms with Crippen molar-refractivity contribution in [2.24, 2.45) is 0 Å². The van der Waals surface area contributed by atoms with Crippen LogP contribution in [0.15, 0.2) is 41.5 Å². The molecule has 4 heterocycles. The number of Topliss-reactive ketones (excluding diaryl/α,β-unsaturated/α-hetero) is 1. The predicted molar refractivity (Wildman–Crippen MR) is 160 cm³/mol. The number of amides is 1. The van der Waals surface area contributed by atoms with Gasteiger partial charge in [0.1, 0.15) is 36.0 Å². The third-order valence-electron chi connectivity index (χ3n) is 8.17. The molecular weight excluding hydrogens is 550 g/mol. The third-order valence-corrected chi connectivity index (χ3v) is 8.17. The Hall–Kier alpha value is -3.87. The van der Waals surface area contributed by atoms with Gasteiger partial charge in [0.15, 0.2) is 12.2 Å². The van der Waals surface area contributed by atoms with E-state index in [1.165, 1.54) is 23.8 Å². The van der Waals surface area contributed by atoms with Crippen molar-refractivity contribution >= 4 is 17.5 Å². The van der Waals surface area contributed by atoms with Crippen LogP contribution in [0.1, 0.15) is 59.1 Å². The number of rotatable bonds is 13. The van der Waals surface area contributed by atoms with Gasteiger partial charge in [-0.2, -0.15) is 0 Å². The molecule has 1 fully saturated rings. The molecule has 1 atom stereocenters. The van der Waals surface area contributed by atoms with Crippen LogP contribution < -0.4 is 15.4 Å². The van der Waals surface area contributed by atoms with E-state index in [-0.39, 0.29) is 30.0 Å². The number of ether oxygens (including phenoxy) is 1. The van der Waals surface area contributed by atoms with Crippen LogP contribution >= 0.6 is 0 Å². The summed E-state index contributed by atoms with van der Waals surface area (Å²) in [5.74, 6) is 2.02. The number of aliphatic hydroxyl groups excluding tert-OH is 1. The fraction of sp³-hybridized carbons (Fsp3) is 0.516. The monoisotopic (exact) mass is 591 g/mol. The number of benzene rings is 1. The molecule has 1 aromatic carbocycles. The number of fused-ring (bicyclic) bond motifs is 1. The molecule has 1 amide bonds. The largest absolute Gasteiger partial charge is 0.485 e. The van der Waals surface area contributed by atoms with Crippen molar-refractivity contribution in [3.63, 3.8) is 0 Å². The number of ketones is 1. The number of nitrogens with one attached hydrogen (secondary N) is 2. The van der Waals surface area contributed by atoms with Crippen molar-refractivity contribution in [2.45, 2.75) is 64.8 Å². The minimum atomic E-state index is -0.722.